The van der Waals surface area contributed by atoms with E-state index in [1.54, 1.807) is 29.8 Å². The number of nitrogens with zero attached hydrogens (tertiary/aromatic N) is 4. The molecule has 0 aliphatic carbocycles. The van der Waals surface area contributed by atoms with E-state index >= 15 is 0 Å². The van der Waals surface area contributed by atoms with Gasteiger partial charge in [-0.05, 0) is 56.5 Å². The molecular weight excluding hydrogens is 516 g/mol. The second-order valence-electron chi connectivity index (χ2n) is 9.26. The lowest BCUT2D eigenvalue weighted by Crippen LogP contribution is -2.29. The van der Waals surface area contributed by atoms with Crippen molar-refractivity contribution >= 4 is 39.6 Å². The van der Waals surface area contributed by atoms with E-state index < -0.39 is 17.7 Å². The van der Waals surface area contributed by atoms with Crippen LogP contribution in [0.25, 0.3) is 11.4 Å². The first-order chi connectivity index (χ1) is 18.9. The summed E-state index contributed by atoms with van der Waals surface area (Å²) in [6.45, 7) is 8.64. The minimum absolute atomic E-state index is 0.0542. The lowest BCUT2D eigenvalue weighted by Gasteiger charge is -2.24. The third-order valence-corrected chi connectivity index (χ3v) is 7.49. The molecule has 1 saturated heterocycles. The average molecular weight is 547 g/mol. The van der Waals surface area contributed by atoms with Crippen molar-refractivity contribution in [1.29, 1.82) is 0 Å². The minimum atomic E-state index is -0.939. The predicted molar refractivity (Wildman–Crippen MR) is 150 cm³/mol. The summed E-state index contributed by atoms with van der Waals surface area (Å²) in [5.74, 6) is -0.834. The number of aliphatic hydroxyl groups excluding tert-OH is 1. The maximum Gasteiger partial charge on any atom is 0.301 e. The molecule has 1 aliphatic rings. The van der Waals surface area contributed by atoms with Gasteiger partial charge in [-0.2, -0.15) is 0 Å². The van der Waals surface area contributed by atoms with Gasteiger partial charge in [0.05, 0.1) is 30.5 Å². The second-order valence-corrected chi connectivity index (χ2v) is 10.1. The number of ether oxygens (including phenoxy) is 2. The van der Waals surface area contributed by atoms with Crippen molar-refractivity contribution < 1.29 is 24.2 Å². The van der Waals surface area contributed by atoms with E-state index in [0.717, 1.165) is 18.4 Å². The maximum absolute atomic E-state index is 13.5. The highest BCUT2D eigenvalue weighted by Gasteiger charge is 2.48. The van der Waals surface area contributed by atoms with Crippen LogP contribution in [-0.2, 0) is 9.59 Å². The normalized spacial score (nSPS) is 16.8. The number of carbonyl (C=O) groups excluding carboxylic acids is 2. The fourth-order valence-corrected chi connectivity index (χ4v) is 5.43. The SMILES string of the molecule is CCCCOc1ccc(C2/C(=C(\O)c3nc4c(C)cccn4c3C)C(=O)C(=O)N2c2nccs2)cc1OCC. The largest absolute Gasteiger partial charge is 0.505 e. The summed E-state index contributed by atoms with van der Waals surface area (Å²) in [7, 11) is 0. The molecular formula is C29H30N4O5S. The Balaban J connectivity index is 1.70. The molecule has 10 heteroatoms. The van der Waals surface area contributed by atoms with Gasteiger partial charge in [-0.25, -0.2) is 9.97 Å². The van der Waals surface area contributed by atoms with E-state index in [-0.39, 0.29) is 17.0 Å². The van der Waals surface area contributed by atoms with E-state index in [9.17, 15) is 14.7 Å². The van der Waals surface area contributed by atoms with Crippen LogP contribution in [0, 0.1) is 13.8 Å². The number of ketones is 1. The first-order valence-corrected chi connectivity index (χ1v) is 13.8. The van der Waals surface area contributed by atoms with E-state index in [2.05, 4.69) is 16.9 Å². The first-order valence-electron chi connectivity index (χ1n) is 12.9. The number of aliphatic hydroxyl groups is 1. The molecule has 4 heterocycles. The molecule has 0 saturated carbocycles. The number of fused-ring (bicyclic) bond motifs is 1. The molecule has 1 unspecified atom stereocenters. The fraction of sp³-hybridized carbons (Fsp3) is 0.310. The van der Waals surface area contributed by atoms with Crippen LogP contribution in [0.5, 0.6) is 11.5 Å². The van der Waals surface area contributed by atoms with Gasteiger partial charge in [-0.15, -0.1) is 11.3 Å². The third-order valence-electron chi connectivity index (χ3n) is 6.72. The number of anilines is 1. The smallest absolute Gasteiger partial charge is 0.301 e. The Bertz CT molecular complexity index is 1570. The third kappa shape index (κ3) is 4.65. The van der Waals surface area contributed by atoms with Gasteiger partial charge < -0.3 is 19.0 Å². The van der Waals surface area contributed by atoms with E-state index in [0.29, 0.717) is 46.7 Å². The maximum atomic E-state index is 13.5. The zero-order valence-corrected chi connectivity index (χ0v) is 23.1. The molecule has 39 heavy (non-hydrogen) atoms. The van der Waals surface area contributed by atoms with Gasteiger partial charge >= 0.3 is 5.91 Å². The van der Waals surface area contributed by atoms with Crippen LogP contribution in [-0.4, -0.2) is 44.4 Å². The molecule has 1 aromatic carbocycles. The van der Waals surface area contributed by atoms with Crippen molar-refractivity contribution in [1.82, 2.24) is 14.4 Å². The number of imidazole rings is 1. The van der Waals surface area contributed by atoms with Crippen molar-refractivity contribution in [3.8, 4) is 11.5 Å². The Morgan fingerprint density at radius 1 is 1.13 bits per heavy atom. The summed E-state index contributed by atoms with van der Waals surface area (Å²) >= 11 is 1.24. The Hall–Kier alpha value is -4.18. The van der Waals surface area contributed by atoms with Gasteiger partial charge in [0, 0.05) is 17.8 Å². The molecule has 202 valence electrons. The minimum Gasteiger partial charge on any atom is -0.505 e. The van der Waals surface area contributed by atoms with Crippen LogP contribution in [0.3, 0.4) is 0 Å². The van der Waals surface area contributed by atoms with E-state index in [1.807, 2.05) is 43.5 Å². The van der Waals surface area contributed by atoms with Gasteiger partial charge in [-0.3, -0.25) is 14.5 Å². The van der Waals surface area contributed by atoms with Crippen molar-refractivity contribution in [3.05, 3.63) is 76.2 Å². The number of amides is 1. The van der Waals surface area contributed by atoms with Crippen LogP contribution < -0.4 is 14.4 Å². The number of aryl methyl sites for hydroxylation is 2. The number of carbonyl (C=O) groups is 2. The summed E-state index contributed by atoms with van der Waals surface area (Å²) in [6.07, 6.45) is 5.31. The number of thiazole rings is 1. The lowest BCUT2D eigenvalue weighted by molar-refractivity contribution is -0.132. The molecule has 1 fully saturated rings. The van der Waals surface area contributed by atoms with E-state index in [4.69, 9.17) is 9.47 Å². The van der Waals surface area contributed by atoms with Crippen LogP contribution in [0.4, 0.5) is 5.13 Å². The van der Waals surface area contributed by atoms with Gasteiger partial charge in [0.1, 0.15) is 11.3 Å². The van der Waals surface area contributed by atoms with Crippen molar-refractivity contribution in [2.45, 2.75) is 46.6 Å². The molecule has 3 aromatic heterocycles. The van der Waals surface area contributed by atoms with Crippen molar-refractivity contribution in [3.63, 3.8) is 0 Å². The van der Waals surface area contributed by atoms with Gasteiger partial charge in [-0.1, -0.05) is 25.5 Å². The van der Waals surface area contributed by atoms with Gasteiger partial charge in [0.25, 0.3) is 5.78 Å². The number of pyridine rings is 1. The van der Waals surface area contributed by atoms with Crippen LogP contribution >= 0.6 is 11.3 Å². The van der Waals surface area contributed by atoms with Crippen LogP contribution in [0.15, 0.2) is 53.7 Å². The van der Waals surface area contributed by atoms with Crippen molar-refractivity contribution in [2.75, 3.05) is 18.1 Å². The molecule has 1 amide bonds. The highest BCUT2D eigenvalue weighted by atomic mass is 32.1. The molecule has 1 atom stereocenters. The van der Waals surface area contributed by atoms with Gasteiger partial charge in [0.2, 0.25) is 0 Å². The number of hydrogen-bond acceptors (Lipinski definition) is 8. The fourth-order valence-electron chi connectivity index (χ4n) is 4.76. The molecule has 5 rings (SSSR count). The number of benzene rings is 1. The number of unbranched alkanes of at least 4 members (excludes halogenated alkanes) is 1. The topological polar surface area (TPSA) is 106 Å². The molecule has 0 bridgehead atoms. The summed E-state index contributed by atoms with van der Waals surface area (Å²) in [4.78, 5) is 37.2. The highest BCUT2D eigenvalue weighted by molar-refractivity contribution is 7.14. The van der Waals surface area contributed by atoms with Gasteiger partial charge in [0.15, 0.2) is 22.4 Å². The van der Waals surface area contributed by atoms with E-state index in [1.165, 1.54) is 16.2 Å². The number of hydrogen-bond donors (Lipinski definition) is 1. The Morgan fingerprint density at radius 3 is 2.64 bits per heavy atom. The molecule has 4 aromatic rings. The lowest BCUT2D eigenvalue weighted by atomic mass is 9.96. The second kappa shape index (κ2) is 10.9. The summed E-state index contributed by atoms with van der Waals surface area (Å²) in [6, 6.07) is 8.20. The predicted octanol–water partition coefficient (Wildman–Crippen LogP) is 5.61. The van der Waals surface area contributed by atoms with Crippen LogP contribution in [0.2, 0.25) is 0 Å². The van der Waals surface area contributed by atoms with Crippen molar-refractivity contribution in [2.24, 2.45) is 0 Å². The quantitative estimate of drug-likeness (QED) is 0.126. The number of aromatic nitrogens is 3. The number of Topliss-reactive ketones (excluding diaryl/α,β-unsaturated/α-hetero) is 1. The molecule has 1 N–H and O–H groups in total. The zero-order valence-electron chi connectivity index (χ0n) is 22.3. The molecule has 9 nitrogen and oxygen atoms in total. The average Bonchev–Trinajstić information content (AvgIpc) is 3.63. The summed E-state index contributed by atoms with van der Waals surface area (Å²) < 4.78 is 13.7. The Labute approximate surface area is 230 Å². The van der Waals surface area contributed by atoms with Crippen LogP contribution in [0.1, 0.15) is 55.2 Å². The standard InChI is InChI=1S/C29H30N4O5S/c1-5-7-14-38-20-11-10-19(16-21(20)37-6-2)24-22(26(35)28(36)33(24)29-30-12-15-39-29)25(34)23-18(4)32-13-8-9-17(3)27(32)31-23/h8-13,15-16,24,34H,5-7,14H2,1-4H3/b25-22+. The molecule has 0 radical (unpaired) electrons. The molecule has 0 spiro atoms. The Morgan fingerprint density at radius 2 is 1.95 bits per heavy atom. The summed E-state index contributed by atoms with van der Waals surface area (Å²) in [5, 5.41) is 13.7. The highest BCUT2D eigenvalue weighted by Crippen LogP contribution is 2.45. The number of rotatable bonds is 9. The monoisotopic (exact) mass is 546 g/mol. The first kappa shape index (κ1) is 26.4. The summed E-state index contributed by atoms with van der Waals surface area (Å²) in [5.41, 5.74) is 3.00. The zero-order chi connectivity index (χ0) is 27.7. The Kier molecular flexibility index (Phi) is 7.38. The molecule has 1 aliphatic heterocycles.